The zero-order chi connectivity index (χ0) is 12.7. The number of hydrogen-bond acceptors (Lipinski definition) is 8. The van der Waals surface area contributed by atoms with Gasteiger partial charge in [0, 0.05) is 0 Å². The molecule has 1 aliphatic heterocycles. The monoisotopic (exact) mass is 259 g/mol. The molecule has 7 N–H and O–H groups in total. The standard InChI is InChI=1S/C6H13NO8S/c7-5-4(10)3(9)2(1-8)15-6(5,11)16(12,13)14/h2-5,8-11H,1,7H2,(H,12,13,14)/t2-,3+,4+,5-,6?/m1/s1. The second-order valence-electron chi connectivity index (χ2n) is 3.45. The number of rotatable bonds is 2. The molecule has 0 aromatic carbocycles. The predicted molar refractivity (Wildman–Crippen MR) is 48.4 cm³/mol. The molecule has 1 unspecified atom stereocenters. The van der Waals surface area contributed by atoms with Gasteiger partial charge in [-0.2, -0.15) is 8.42 Å². The summed E-state index contributed by atoms with van der Waals surface area (Å²) in [6, 6.07) is -1.97. The third-order valence-corrected chi connectivity index (χ3v) is 3.50. The smallest absolute Gasteiger partial charge is 0.323 e. The van der Waals surface area contributed by atoms with Crippen molar-refractivity contribution >= 4 is 10.1 Å². The Bertz CT molecular complexity index is 356. The molecular weight excluding hydrogens is 246 g/mol. The SMILES string of the molecule is N[C@@H]1[C@@H](O)[C@@H](O)[C@@H](CO)OC1(O)S(=O)(=O)O. The van der Waals surface area contributed by atoms with E-state index in [-0.39, 0.29) is 0 Å². The van der Waals surface area contributed by atoms with E-state index in [0.717, 1.165) is 0 Å². The third kappa shape index (κ3) is 1.94. The molecule has 0 aromatic heterocycles. The van der Waals surface area contributed by atoms with Crippen LogP contribution in [0.15, 0.2) is 0 Å². The molecule has 1 heterocycles. The van der Waals surface area contributed by atoms with E-state index in [9.17, 15) is 23.7 Å². The summed E-state index contributed by atoms with van der Waals surface area (Å²) in [7, 11) is -5.15. The second kappa shape index (κ2) is 4.16. The lowest BCUT2D eigenvalue weighted by molar-refractivity contribution is -0.274. The largest absolute Gasteiger partial charge is 0.394 e. The minimum atomic E-state index is -5.15. The maximum absolute atomic E-state index is 10.9. The average Bonchev–Trinajstić information content (AvgIpc) is 2.19. The van der Waals surface area contributed by atoms with Gasteiger partial charge in [-0.1, -0.05) is 0 Å². The summed E-state index contributed by atoms with van der Waals surface area (Å²) < 4.78 is 34.9. The number of nitrogens with two attached hydrogens (primary N) is 1. The molecule has 9 nitrogen and oxygen atoms in total. The van der Waals surface area contributed by atoms with Crippen LogP contribution in [0, 0.1) is 0 Å². The second-order valence-corrected chi connectivity index (χ2v) is 4.99. The van der Waals surface area contributed by atoms with Crippen LogP contribution >= 0.6 is 0 Å². The summed E-state index contributed by atoms with van der Waals surface area (Å²) in [6.45, 7) is -0.872. The Balaban J connectivity index is 3.14. The van der Waals surface area contributed by atoms with Crippen molar-refractivity contribution in [3.8, 4) is 0 Å². The van der Waals surface area contributed by atoms with Crippen molar-refractivity contribution in [2.75, 3.05) is 6.61 Å². The van der Waals surface area contributed by atoms with Gasteiger partial charge in [-0.3, -0.25) is 4.55 Å². The normalized spacial score (nSPS) is 45.6. The van der Waals surface area contributed by atoms with Crippen molar-refractivity contribution in [2.24, 2.45) is 5.73 Å². The summed E-state index contributed by atoms with van der Waals surface area (Å²) in [5, 5.41) is 33.6. The third-order valence-electron chi connectivity index (χ3n) is 2.39. The van der Waals surface area contributed by atoms with E-state index >= 15 is 0 Å². The van der Waals surface area contributed by atoms with Crippen molar-refractivity contribution in [3.63, 3.8) is 0 Å². The molecule has 0 saturated carbocycles. The minimum absolute atomic E-state index is 0.872. The van der Waals surface area contributed by atoms with Crippen LogP contribution in [0.25, 0.3) is 0 Å². The molecule has 0 spiro atoms. The van der Waals surface area contributed by atoms with E-state index in [1.54, 1.807) is 0 Å². The molecule has 0 radical (unpaired) electrons. The first kappa shape index (κ1) is 13.7. The van der Waals surface area contributed by atoms with Gasteiger partial charge in [0.15, 0.2) is 0 Å². The molecule has 1 fully saturated rings. The summed E-state index contributed by atoms with van der Waals surface area (Å²) in [5.74, 6) is 0. The first-order valence-corrected chi connectivity index (χ1v) is 5.69. The molecule has 1 saturated heterocycles. The Morgan fingerprint density at radius 3 is 2.19 bits per heavy atom. The van der Waals surface area contributed by atoms with Gasteiger partial charge in [0.05, 0.1) is 6.61 Å². The van der Waals surface area contributed by atoms with Gasteiger partial charge in [0.2, 0.25) is 0 Å². The van der Waals surface area contributed by atoms with Gasteiger partial charge < -0.3 is 30.9 Å². The van der Waals surface area contributed by atoms with Crippen molar-refractivity contribution in [2.45, 2.75) is 29.5 Å². The molecule has 10 heteroatoms. The van der Waals surface area contributed by atoms with Crippen LogP contribution in [0.2, 0.25) is 0 Å². The number of aliphatic hydroxyl groups excluding tert-OH is 3. The summed E-state index contributed by atoms with van der Waals surface area (Å²) in [5.41, 5.74) is 5.14. The van der Waals surface area contributed by atoms with Crippen LogP contribution in [-0.4, -0.2) is 69.5 Å². The Hall–Kier alpha value is -0.330. The number of hydrogen-bond donors (Lipinski definition) is 6. The van der Waals surface area contributed by atoms with Gasteiger partial charge >= 0.3 is 15.2 Å². The highest BCUT2D eigenvalue weighted by Gasteiger charge is 2.59. The van der Waals surface area contributed by atoms with Crippen LogP contribution < -0.4 is 5.73 Å². The maximum Gasteiger partial charge on any atom is 0.323 e. The fraction of sp³-hybridized carbons (Fsp3) is 1.00. The Morgan fingerprint density at radius 1 is 1.31 bits per heavy atom. The highest BCUT2D eigenvalue weighted by molar-refractivity contribution is 7.86. The molecule has 1 rings (SSSR count). The van der Waals surface area contributed by atoms with Crippen LogP contribution in [-0.2, 0) is 14.9 Å². The Kier molecular flexibility index (Phi) is 3.57. The van der Waals surface area contributed by atoms with E-state index < -0.39 is 46.2 Å². The molecular formula is C6H13NO8S. The lowest BCUT2D eigenvalue weighted by Gasteiger charge is -2.43. The summed E-state index contributed by atoms with van der Waals surface area (Å²) >= 11 is 0. The molecule has 0 bridgehead atoms. The number of aliphatic hydroxyl groups is 4. The van der Waals surface area contributed by atoms with Crippen molar-refractivity contribution in [3.05, 3.63) is 0 Å². The van der Waals surface area contributed by atoms with E-state index in [4.69, 9.17) is 15.4 Å². The molecule has 96 valence electrons. The zero-order valence-electron chi connectivity index (χ0n) is 7.96. The van der Waals surface area contributed by atoms with Gasteiger partial charge in [0.25, 0.3) is 0 Å². The molecule has 0 aromatic rings. The fourth-order valence-corrected chi connectivity index (χ4v) is 2.12. The summed E-state index contributed by atoms with van der Waals surface area (Å²) in [4.78, 5) is 0. The molecule has 5 atom stereocenters. The van der Waals surface area contributed by atoms with Crippen LogP contribution in [0.1, 0.15) is 0 Å². The van der Waals surface area contributed by atoms with Gasteiger partial charge in [-0.15, -0.1) is 0 Å². The van der Waals surface area contributed by atoms with E-state index in [0.29, 0.717) is 0 Å². The average molecular weight is 259 g/mol. The highest BCUT2D eigenvalue weighted by atomic mass is 32.2. The summed E-state index contributed by atoms with van der Waals surface area (Å²) in [6.07, 6.45) is -5.14. The number of ether oxygens (including phenoxy) is 1. The molecule has 0 aliphatic carbocycles. The van der Waals surface area contributed by atoms with Crippen LogP contribution in [0.5, 0.6) is 0 Å². The first-order valence-electron chi connectivity index (χ1n) is 4.25. The minimum Gasteiger partial charge on any atom is -0.394 e. The lowest BCUT2D eigenvalue weighted by atomic mass is 9.98. The van der Waals surface area contributed by atoms with Gasteiger partial charge in [-0.05, 0) is 0 Å². The first-order chi connectivity index (χ1) is 7.15. The lowest BCUT2D eigenvalue weighted by Crippen LogP contribution is -2.70. The predicted octanol–water partition coefficient (Wildman–Crippen LogP) is -4.04. The van der Waals surface area contributed by atoms with Crippen molar-refractivity contribution in [1.82, 2.24) is 0 Å². The maximum atomic E-state index is 10.9. The van der Waals surface area contributed by atoms with E-state index in [1.807, 2.05) is 0 Å². The van der Waals surface area contributed by atoms with Crippen LogP contribution in [0.3, 0.4) is 0 Å². The van der Waals surface area contributed by atoms with Gasteiger partial charge in [-0.25, -0.2) is 0 Å². The van der Waals surface area contributed by atoms with Gasteiger partial charge in [0.1, 0.15) is 24.4 Å². The van der Waals surface area contributed by atoms with E-state index in [2.05, 4.69) is 4.74 Å². The highest BCUT2D eigenvalue weighted by Crippen LogP contribution is 2.30. The van der Waals surface area contributed by atoms with Crippen molar-refractivity contribution < 1.29 is 38.1 Å². The fourth-order valence-electron chi connectivity index (χ4n) is 1.39. The Morgan fingerprint density at radius 2 is 1.81 bits per heavy atom. The quantitative estimate of drug-likeness (QED) is 0.270. The van der Waals surface area contributed by atoms with E-state index in [1.165, 1.54) is 0 Å². The van der Waals surface area contributed by atoms with Crippen molar-refractivity contribution in [1.29, 1.82) is 0 Å². The topological polar surface area (TPSA) is 171 Å². The Labute approximate surface area is 90.8 Å². The molecule has 0 amide bonds. The molecule has 1 aliphatic rings. The zero-order valence-corrected chi connectivity index (χ0v) is 8.78. The molecule has 16 heavy (non-hydrogen) atoms. The van der Waals surface area contributed by atoms with Crippen LogP contribution in [0.4, 0.5) is 0 Å².